The van der Waals surface area contributed by atoms with Crippen molar-refractivity contribution in [2.24, 2.45) is 0 Å². The lowest BCUT2D eigenvalue weighted by Gasteiger charge is -2.03. The van der Waals surface area contributed by atoms with Gasteiger partial charge in [-0.25, -0.2) is 4.68 Å². The van der Waals surface area contributed by atoms with Crippen LogP contribution in [-0.2, 0) is 6.54 Å². The molecule has 1 fully saturated rings. The molecule has 0 unspecified atom stereocenters. The van der Waals surface area contributed by atoms with E-state index in [0.29, 0.717) is 6.04 Å². The van der Waals surface area contributed by atoms with E-state index < -0.39 is 0 Å². The number of rotatable bonds is 4. The molecule has 0 spiro atoms. The summed E-state index contributed by atoms with van der Waals surface area (Å²) < 4.78 is 3.81. The Hall–Kier alpha value is -0.720. The molecule has 1 saturated carbocycles. The molecule has 3 rings (SSSR count). The third-order valence-corrected chi connectivity index (χ3v) is 4.01. The van der Waals surface area contributed by atoms with Crippen molar-refractivity contribution in [2.45, 2.75) is 25.4 Å². The number of nitrogens with zero attached hydrogens (tertiary/aromatic N) is 3. The van der Waals surface area contributed by atoms with Crippen LogP contribution in [0.3, 0.4) is 0 Å². The van der Waals surface area contributed by atoms with E-state index in [9.17, 15) is 0 Å². The molecule has 4 nitrogen and oxygen atoms in total. The standard InChI is InChI=1S/C12H12Br2N4/c13-8-1-4-11(14)12(5-8)18-7-10(16-17-18)6-15-9-2-3-9/h1,4-5,7,9,15H,2-3,6H2. The summed E-state index contributed by atoms with van der Waals surface area (Å²) in [7, 11) is 0. The topological polar surface area (TPSA) is 42.7 Å². The maximum absolute atomic E-state index is 4.18. The Balaban J connectivity index is 1.80. The maximum Gasteiger partial charge on any atom is 0.0969 e. The van der Waals surface area contributed by atoms with Crippen LogP contribution in [0, 0.1) is 0 Å². The fourth-order valence-electron chi connectivity index (χ4n) is 1.69. The van der Waals surface area contributed by atoms with E-state index in [4.69, 9.17) is 0 Å². The lowest BCUT2D eigenvalue weighted by Crippen LogP contribution is -2.15. The lowest BCUT2D eigenvalue weighted by atomic mass is 10.3. The van der Waals surface area contributed by atoms with Gasteiger partial charge >= 0.3 is 0 Å². The molecule has 6 heteroatoms. The highest BCUT2D eigenvalue weighted by Gasteiger charge is 2.20. The molecule has 0 aliphatic heterocycles. The van der Waals surface area contributed by atoms with Crippen LogP contribution in [0.1, 0.15) is 18.5 Å². The lowest BCUT2D eigenvalue weighted by molar-refractivity contribution is 0.671. The van der Waals surface area contributed by atoms with Crippen molar-refractivity contribution in [1.82, 2.24) is 20.3 Å². The van der Waals surface area contributed by atoms with Crippen molar-refractivity contribution in [1.29, 1.82) is 0 Å². The monoisotopic (exact) mass is 370 g/mol. The summed E-state index contributed by atoms with van der Waals surface area (Å²) in [5.41, 5.74) is 1.95. The summed E-state index contributed by atoms with van der Waals surface area (Å²) in [4.78, 5) is 0. The van der Waals surface area contributed by atoms with E-state index in [-0.39, 0.29) is 0 Å². The van der Waals surface area contributed by atoms with Gasteiger partial charge in [0.15, 0.2) is 0 Å². The maximum atomic E-state index is 4.18. The minimum Gasteiger partial charge on any atom is -0.308 e. The Morgan fingerprint density at radius 2 is 2.17 bits per heavy atom. The minimum absolute atomic E-state index is 0.688. The number of benzene rings is 1. The van der Waals surface area contributed by atoms with Crippen LogP contribution in [0.4, 0.5) is 0 Å². The summed E-state index contributed by atoms with van der Waals surface area (Å²) in [6.45, 7) is 0.788. The SMILES string of the molecule is Brc1ccc(Br)c(-n2cc(CNC3CC3)nn2)c1. The van der Waals surface area contributed by atoms with Crippen molar-refractivity contribution in [2.75, 3.05) is 0 Å². The molecule has 0 radical (unpaired) electrons. The van der Waals surface area contributed by atoms with Gasteiger partial charge in [0.05, 0.1) is 17.6 Å². The fraction of sp³-hybridized carbons (Fsp3) is 0.333. The van der Waals surface area contributed by atoms with Gasteiger partial charge in [0, 0.05) is 21.5 Å². The quantitative estimate of drug-likeness (QED) is 0.898. The van der Waals surface area contributed by atoms with E-state index in [1.807, 2.05) is 24.4 Å². The molecule has 1 aliphatic rings. The van der Waals surface area contributed by atoms with Crippen LogP contribution in [0.25, 0.3) is 5.69 Å². The average molecular weight is 372 g/mol. The molecule has 1 aliphatic carbocycles. The highest BCUT2D eigenvalue weighted by atomic mass is 79.9. The van der Waals surface area contributed by atoms with E-state index in [0.717, 1.165) is 26.9 Å². The predicted molar refractivity (Wildman–Crippen MR) is 76.6 cm³/mol. The number of halogens is 2. The van der Waals surface area contributed by atoms with Crippen molar-refractivity contribution in [3.05, 3.63) is 39.0 Å². The second kappa shape index (κ2) is 5.11. The van der Waals surface area contributed by atoms with Crippen LogP contribution in [0.5, 0.6) is 0 Å². The van der Waals surface area contributed by atoms with Gasteiger partial charge in [-0.15, -0.1) is 5.10 Å². The van der Waals surface area contributed by atoms with Crippen molar-refractivity contribution >= 4 is 31.9 Å². The first-order valence-corrected chi connectivity index (χ1v) is 7.41. The Kier molecular flexibility index (Phi) is 3.50. The van der Waals surface area contributed by atoms with E-state index in [1.54, 1.807) is 4.68 Å². The van der Waals surface area contributed by atoms with Gasteiger partial charge in [0.25, 0.3) is 0 Å². The highest BCUT2D eigenvalue weighted by molar-refractivity contribution is 9.11. The number of hydrogen-bond donors (Lipinski definition) is 1. The zero-order valence-electron chi connectivity index (χ0n) is 9.61. The largest absolute Gasteiger partial charge is 0.308 e. The first-order chi connectivity index (χ1) is 8.72. The Morgan fingerprint density at radius 3 is 2.94 bits per heavy atom. The van der Waals surface area contributed by atoms with Gasteiger partial charge in [-0.05, 0) is 47.0 Å². The Bertz CT molecular complexity index is 563. The summed E-state index contributed by atoms with van der Waals surface area (Å²) in [6.07, 6.45) is 4.53. The molecule has 94 valence electrons. The summed E-state index contributed by atoms with van der Waals surface area (Å²) >= 11 is 6.99. The summed E-state index contributed by atoms with van der Waals surface area (Å²) in [6, 6.07) is 6.67. The molecular weight excluding hydrogens is 360 g/mol. The highest BCUT2D eigenvalue weighted by Crippen LogP contribution is 2.24. The minimum atomic E-state index is 0.688. The average Bonchev–Trinajstić information content (AvgIpc) is 3.08. The summed E-state index contributed by atoms with van der Waals surface area (Å²) in [5, 5.41) is 11.8. The third-order valence-electron chi connectivity index (χ3n) is 2.85. The van der Waals surface area contributed by atoms with Gasteiger partial charge in [0.1, 0.15) is 0 Å². The van der Waals surface area contributed by atoms with Gasteiger partial charge in [-0.1, -0.05) is 21.1 Å². The molecule has 2 aromatic rings. The molecule has 0 bridgehead atoms. The van der Waals surface area contributed by atoms with Crippen LogP contribution >= 0.6 is 31.9 Å². The first kappa shape index (κ1) is 12.3. The molecule has 1 N–H and O–H groups in total. The van der Waals surface area contributed by atoms with Crippen LogP contribution in [0.2, 0.25) is 0 Å². The normalized spacial score (nSPS) is 15.0. The summed E-state index contributed by atoms with van der Waals surface area (Å²) in [5.74, 6) is 0. The molecule has 1 heterocycles. The fourth-order valence-corrected chi connectivity index (χ4v) is 2.47. The van der Waals surface area contributed by atoms with Gasteiger partial charge in [-0.3, -0.25) is 0 Å². The van der Waals surface area contributed by atoms with Crippen LogP contribution in [0.15, 0.2) is 33.3 Å². The van der Waals surface area contributed by atoms with Crippen molar-refractivity contribution in [3.63, 3.8) is 0 Å². The van der Waals surface area contributed by atoms with E-state index in [2.05, 4.69) is 47.5 Å². The number of nitrogens with one attached hydrogen (secondary N) is 1. The van der Waals surface area contributed by atoms with Gasteiger partial charge in [-0.2, -0.15) is 0 Å². The second-order valence-electron chi connectivity index (χ2n) is 4.41. The first-order valence-electron chi connectivity index (χ1n) is 5.82. The number of aromatic nitrogens is 3. The van der Waals surface area contributed by atoms with Crippen molar-refractivity contribution < 1.29 is 0 Å². The Labute approximate surface area is 122 Å². The second-order valence-corrected chi connectivity index (χ2v) is 6.18. The molecule has 18 heavy (non-hydrogen) atoms. The van der Waals surface area contributed by atoms with Crippen molar-refractivity contribution in [3.8, 4) is 5.69 Å². The molecule has 1 aromatic carbocycles. The van der Waals surface area contributed by atoms with E-state index in [1.165, 1.54) is 12.8 Å². The molecule has 0 atom stereocenters. The molecule has 1 aromatic heterocycles. The smallest absolute Gasteiger partial charge is 0.0969 e. The Morgan fingerprint density at radius 1 is 1.33 bits per heavy atom. The van der Waals surface area contributed by atoms with Crippen LogP contribution < -0.4 is 5.32 Å². The zero-order valence-corrected chi connectivity index (χ0v) is 12.8. The third kappa shape index (κ3) is 2.81. The van der Waals surface area contributed by atoms with Gasteiger partial charge < -0.3 is 5.32 Å². The van der Waals surface area contributed by atoms with E-state index >= 15 is 0 Å². The molecule has 0 saturated heterocycles. The van der Waals surface area contributed by atoms with Crippen LogP contribution in [-0.4, -0.2) is 21.0 Å². The van der Waals surface area contributed by atoms with Gasteiger partial charge in [0.2, 0.25) is 0 Å². The molecule has 0 amide bonds. The predicted octanol–water partition coefficient (Wildman–Crippen LogP) is 3.04. The number of hydrogen-bond acceptors (Lipinski definition) is 3. The zero-order chi connectivity index (χ0) is 12.5. The molecular formula is C12H12Br2N4.